The number of benzene rings is 2. The predicted molar refractivity (Wildman–Crippen MR) is 98.0 cm³/mol. The third-order valence-corrected chi connectivity index (χ3v) is 3.72. The predicted octanol–water partition coefficient (Wildman–Crippen LogP) is 3.73. The fourth-order valence-corrected chi connectivity index (χ4v) is 2.51. The monoisotopic (exact) mass is 345 g/mol. The van der Waals surface area contributed by atoms with Crippen molar-refractivity contribution in [1.82, 2.24) is 10.9 Å². The van der Waals surface area contributed by atoms with Gasteiger partial charge in [0.15, 0.2) is 5.11 Å². The maximum absolute atomic E-state index is 13.6. The van der Waals surface area contributed by atoms with Crippen molar-refractivity contribution in [2.45, 2.75) is 25.7 Å². The Hall–Kier alpha value is -2.47. The molecule has 0 fully saturated rings. The summed E-state index contributed by atoms with van der Waals surface area (Å²) < 4.78 is 13.6. The molecule has 2 aromatic rings. The van der Waals surface area contributed by atoms with Gasteiger partial charge < -0.3 is 5.32 Å². The van der Waals surface area contributed by atoms with Gasteiger partial charge in [0.2, 0.25) is 5.91 Å². The molecule has 24 heavy (non-hydrogen) atoms. The summed E-state index contributed by atoms with van der Waals surface area (Å²) in [7, 11) is 0. The molecule has 0 saturated carbocycles. The zero-order valence-electron chi connectivity index (χ0n) is 13.4. The van der Waals surface area contributed by atoms with E-state index >= 15 is 0 Å². The first kappa shape index (κ1) is 17.9. The summed E-state index contributed by atoms with van der Waals surface area (Å²) in [5.74, 6) is -0.859. The Labute approximate surface area is 146 Å². The van der Waals surface area contributed by atoms with Crippen molar-refractivity contribution in [1.29, 1.82) is 0 Å². The number of para-hydroxylation sites is 1. The number of halogens is 1. The van der Waals surface area contributed by atoms with E-state index in [-0.39, 0.29) is 22.6 Å². The Morgan fingerprint density at radius 1 is 1.08 bits per heavy atom. The van der Waals surface area contributed by atoms with Gasteiger partial charge in [-0.25, -0.2) is 4.39 Å². The molecule has 1 amide bonds. The lowest BCUT2D eigenvalue weighted by Crippen LogP contribution is -2.45. The summed E-state index contributed by atoms with van der Waals surface area (Å²) in [6.45, 7) is 2.03. The molecule has 126 valence electrons. The van der Waals surface area contributed by atoms with Crippen LogP contribution in [0.15, 0.2) is 54.6 Å². The highest BCUT2D eigenvalue weighted by Gasteiger charge is 2.19. The number of rotatable bonds is 5. The van der Waals surface area contributed by atoms with Crippen LogP contribution in [0.25, 0.3) is 0 Å². The molecular formula is C18H20FN3OS. The van der Waals surface area contributed by atoms with Gasteiger partial charge in [0.05, 0.1) is 11.6 Å². The highest BCUT2D eigenvalue weighted by Crippen LogP contribution is 2.21. The van der Waals surface area contributed by atoms with Crippen LogP contribution in [0.4, 0.5) is 10.1 Å². The lowest BCUT2D eigenvalue weighted by atomic mass is 9.94. The Morgan fingerprint density at radius 2 is 1.75 bits per heavy atom. The first-order valence-electron chi connectivity index (χ1n) is 7.78. The molecule has 0 aliphatic carbocycles. The van der Waals surface area contributed by atoms with E-state index in [1.54, 1.807) is 18.2 Å². The number of anilines is 1. The van der Waals surface area contributed by atoms with Crippen LogP contribution < -0.4 is 16.2 Å². The molecule has 2 rings (SSSR count). The molecule has 0 aliphatic rings. The van der Waals surface area contributed by atoms with Crippen molar-refractivity contribution >= 4 is 28.9 Å². The lowest BCUT2D eigenvalue weighted by molar-refractivity contribution is -0.123. The van der Waals surface area contributed by atoms with Crippen LogP contribution in [-0.2, 0) is 4.79 Å². The average Bonchev–Trinajstić information content (AvgIpc) is 2.60. The topological polar surface area (TPSA) is 53.2 Å². The van der Waals surface area contributed by atoms with E-state index in [0.717, 1.165) is 18.4 Å². The van der Waals surface area contributed by atoms with Gasteiger partial charge in [-0.2, -0.15) is 0 Å². The number of nitrogens with one attached hydrogen (secondary N) is 3. The molecule has 0 aliphatic heterocycles. The van der Waals surface area contributed by atoms with Crippen molar-refractivity contribution in [2.24, 2.45) is 0 Å². The second kappa shape index (κ2) is 8.98. The summed E-state index contributed by atoms with van der Waals surface area (Å²) in [4.78, 5) is 12.4. The Kier molecular flexibility index (Phi) is 6.69. The Balaban J connectivity index is 1.93. The number of hydrogen-bond donors (Lipinski definition) is 3. The van der Waals surface area contributed by atoms with Crippen LogP contribution in [0.5, 0.6) is 0 Å². The van der Waals surface area contributed by atoms with Crippen LogP contribution in [0, 0.1) is 5.82 Å². The van der Waals surface area contributed by atoms with Crippen molar-refractivity contribution in [3.63, 3.8) is 0 Å². The number of carbonyl (C=O) groups is 1. The maximum atomic E-state index is 13.6. The largest absolute Gasteiger partial charge is 0.329 e. The van der Waals surface area contributed by atoms with Gasteiger partial charge in [0.1, 0.15) is 5.82 Å². The zero-order chi connectivity index (χ0) is 17.4. The minimum absolute atomic E-state index is 0.122. The van der Waals surface area contributed by atoms with E-state index < -0.39 is 5.82 Å². The van der Waals surface area contributed by atoms with E-state index in [4.69, 9.17) is 12.2 Å². The minimum Gasteiger partial charge on any atom is -0.329 e. The quantitative estimate of drug-likeness (QED) is 0.571. The molecular weight excluding hydrogens is 325 g/mol. The van der Waals surface area contributed by atoms with Crippen LogP contribution in [-0.4, -0.2) is 11.0 Å². The highest BCUT2D eigenvalue weighted by molar-refractivity contribution is 7.80. The molecule has 0 spiro atoms. The molecule has 0 heterocycles. The molecule has 3 N–H and O–H groups in total. The molecule has 0 aromatic heterocycles. The van der Waals surface area contributed by atoms with Gasteiger partial charge in [0, 0.05) is 0 Å². The van der Waals surface area contributed by atoms with Crippen molar-refractivity contribution < 1.29 is 9.18 Å². The van der Waals surface area contributed by atoms with Gasteiger partial charge in [-0.3, -0.25) is 15.6 Å². The normalized spacial score (nSPS) is 11.4. The van der Waals surface area contributed by atoms with Gasteiger partial charge >= 0.3 is 0 Å². The van der Waals surface area contributed by atoms with E-state index in [1.807, 2.05) is 37.3 Å². The van der Waals surface area contributed by atoms with Gasteiger partial charge in [-0.05, 0) is 36.3 Å². The Morgan fingerprint density at radius 3 is 2.42 bits per heavy atom. The first-order valence-corrected chi connectivity index (χ1v) is 8.19. The lowest BCUT2D eigenvalue weighted by Gasteiger charge is -2.18. The fraction of sp³-hybridized carbons (Fsp3) is 0.222. The number of thiocarbonyl (C=S) groups is 1. The number of amides is 1. The summed E-state index contributed by atoms with van der Waals surface area (Å²) >= 11 is 5.08. The van der Waals surface area contributed by atoms with E-state index in [1.165, 1.54) is 6.07 Å². The average molecular weight is 345 g/mol. The van der Waals surface area contributed by atoms with Crippen LogP contribution in [0.1, 0.15) is 31.2 Å². The van der Waals surface area contributed by atoms with Crippen molar-refractivity contribution in [3.8, 4) is 0 Å². The summed E-state index contributed by atoms with van der Waals surface area (Å²) in [6.07, 6.45) is 1.61. The Bertz CT molecular complexity index is 694. The summed E-state index contributed by atoms with van der Waals surface area (Å²) in [6, 6.07) is 15.8. The summed E-state index contributed by atoms with van der Waals surface area (Å²) in [5, 5.41) is 2.83. The van der Waals surface area contributed by atoms with Crippen LogP contribution >= 0.6 is 12.2 Å². The highest BCUT2D eigenvalue weighted by atomic mass is 32.1. The standard InChI is InChI=1S/C18H20FN3OS/c1-2-8-14(13-9-4-3-5-10-13)17(23)21-22-18(24)20-16-12-7-6-11-15(16)19/h3-7,9-12,14H,2,8H2,1H3,(H,21,23)(H2,20,22,24)/t14-/m1/s1. The van der Waals surface area contributed by atoms with E-state index in [0.29, 0.717) is 0 Å². The van der Waals surface area contributed by atoms with Crippen LogP contribution in [0.3, 0.4) is 0 Å². The molecule has 2 aromatic carbocycles. The molecule has 6 heteroatoms. The number of carbonyl (C=O) groups excluding carboxylic acids is 1. The van der Waals surface area contributed by atoms with Gasteiger partial charge in [-0.1, -0.05) is 55.8 Å². The molecule has 4 nitrogen and oxygen atoms in total. The SMILES string of the molecule is CCC[C@@H](C(=O)NNC(=S)Nc1ccccc1F)c1ccccc1. The van der Waals surface area contributed by atoms with E-state index in [9.17, 15) is 9.18 Å². The fourth-order valence-electron chi connectivity index (χ4n) is 2.34. The molecule has 0 unspecified atom stereocenters. The number of hydrazine groups is 1. The smallest absolute Gasteiger partial charge is 0.245 e. The second-order valence-corrected chi connectivity index (χ2v) is 5.71. The van der Waals surface area contributed by atoms with Gasteiger partial charge in [-0.15, -0.1) is 0 Å². The molecule has 0 radical (unpaired) electrons. The molecule has 0 saturated heterocycles. The third-order valence-electron chi connectivity index (χ3n) is 3.52. The second-order valence-electron chi connectivity index (χ2n) is 5.30. The van der Waals surface area contributed by atoms with Crippen LogP contribution in [0.2, 0.25) is 0 Å². The zero-order valence-corrected chi connectivity index (χ0v) is 14.2. The first-order chi connectivity index (χ1) is 11.6. The van der Waals surface area contributed by atoms with Crippen molar-refractivity contribution in [3.05, 3.63) is 66.0 Å². The molecule has 0 bridgehead atoms. The summed E-state index contributed by atoms with van der Waals surface area (Å²) in [5.41, 5.74) is 6.41. The third kappa shape index (κ3) is 5.03. The number of hydrogen-bond acceptors (Lipinski definition) is 2. The van der Waals surface area contributed by atoms with E-state index in [2.05, 4.69) is 16.2 Å². The maximum Gasteiger partial charge on any atom is 0.245 e. The van der Waals surface area contributed by atoms with Gasteiger partial charge in [0.25, 0.3) is 0 Å². The van der Waals surface area contributed by atoms with Crippen molar-refractivity contribution in [2.75, 3.05) is 5.32 Å². The molecule has 1 atom stereocenters. The minimum atomic E-state index is -0.416.